The van der Waals surface area contributed by atoms with Gasteiger partial charge in [0.15, 0.2) is 0 Å². The monoisotopic (exact) mass is 339 g/mol. The van der Waals surface area contributed by atoms with Crippen LogP contribution in [0.2, 0.25) is 0 Å². The van der Waals surface area contributed by atoms with Crippen LogP contribution in [0.1, 0.15) is 31.2 Å². The van der Waals surface area contributed by atoms with E-state index in [1.54, 1.807) is 12.3 Å². The quantitative estimate of drug-likeness (QED) is 0.931. The Morgan fingerprint density at radius 3 is 2.84 bits per heavy atom. The zero-order chi connectivity index (χ0) is 17.3. The number of nitrogens with one attached hydrogen (secondary N) is 1. The van der Waals surface area contributed by atoms with E-state index in [2.05, 4.69) is 15.2 Å². The van der Waals surface area contributed by atoms with E-state index in [-0.39, 0.29) is 17.8 Å². The number of nitrogens with zero attached hydrogens (tertiary/aromatic N) is 2. The average Bonchev–Trinajstić information content (AvgIpc) is 3.03. The molecule has 1 atom stereocenters. The molecule has 1 saturated heterocycles. The van der Waals surface area contributed by atoms with Crippen molar-refractivity contribution < 1.29 is 9.18 Å². The van der Waals surface area contributed by atoms with Gasteiger partial charge in [-0.3, -0.25) is 9.78 Å². The summed E-state index contributed by atoms with van der Waals surface area (Å²) >= 11 is 0. The standard InChI is InChI=1S/C20H22FN3O/c21-16-5-1-4-15(12-16)20(8-3-9-20)19(25)23-17-7-11-24(14-17)18-6-2-10-22-13-18/h1-2,4-6,10,12-13,17H,3,7-9,11,14H2,(H,23,25)/t17-/m1/s1. The van der Waals surface area contributed by atoms with Crippen LogP contribution in [-0.4, -0.2) is 30.0 Å². The van der Waals surface area contributed by atoms with Crippen molar-refractivity contribution in [2.24, 2.45) is 0 Å². The Morgan fingerprint density at radius 2 is 2.16 bits per heavy atom. The maximum absolute atomic E-state index is 13.6. The lowest BCUT2D eigenvalue weighted by Gasteiger charge is -2.41. The predicted octanol–water partition coefficient (Wildman–Crippen LogP) is 3.04. The average molecular weight is 339 g/mol. The molecule has 1 amide bonds. The molecule has 0 radical (unpaired) electrons. The Bertz CT molecular complexity index is 761. The molecule has 1 aliphatic heterocycles. The Hall–Kier alpha value is -2.43. The summed E-state index contributed by atoms with van der Waals surface area (Å²) in [6.45, 7) is 1.69. The normalized spacial score (nSPS) is 21.6. The molecule has 1 saturated carbocycles. The molecule has 0 bridgehead atoms. The first-order valence-electron chi connectivity index (χ1n) is 8.89. The Labute approximate surface area is 147 Å². The number of hydrogen-bond acceptors (Lipinski definition) is 3. The maximum atomic E-state index is 13.6. The number of benzene rings is 1. The Balaban J connectivity index is 1.45. The summed E-state index contributed by atoms with van der Waals surface area (Å²) in [4.78, 5) is 19.4. The van der Waals surface area contributed by atoms with Crippen LogP contribution in [0.25, 0.3) is 0 Å². The molecular weight excluding hydrogens is 317 g/mol. The summed E-state index contributed by atoms with van der Waals surface area (Å²) in [5, 5.41) is 3.22. The molecule has 5 heteroatoms. The lowest BCUT2D eigenvalue weighted by atomic mass is 9.63. The zero-order valence-electron chi connectivity index (χ0n) is 14.1. The highest BCUT2D eigenvalue weighted by molar-refractivity contribution is 5.89. The fraction of sp³-hybridized carbons (Fsp3) is 0.400. The second kappa shape index (κ2) is 6.47. The third kappa shape index (κ3) is 2.99. The number of rotatable bonds is 4. The first kappa shape index (κ1) is 16.1. The first-order valence-corrected chi connectivity index (χ1v) is 8.89. The summed E-state index contributed by atoms with van der Waals surface area (Å²) in [7, 11) is 0. The molecule has 1 aliphatic carbocycles. The molecule has 2 heterocycles. The van der Waals surface area contributed by atoms with Gasteiger partial charge >= 0.3 is 0 Å². The molecule has 1 aromatic heterocycles. The van der Waals surface area contributed by atoms with E-state index >= 15 is 0 Å². The molecule has 1 N–H and O–H groups in total. The minimum atomic E-state index is -0.552. The van der Waals surface area contributed by atoms with Crippen molar-refractivity contribution in [3.05, 3.63) is 60.2 Å². The van der Waals surface area contributed by atoms with E-state index in [4.69, 9.17) is 0 Å². The van der Waals surface area contributed by atoms with Crippen LogP contribution in [0.15, 0.2) is 48.8 Å². The highest BCUT2D eigenvalue weighted by Gasteiger charge is 2.46. The number of carbonyl (C=O) groups excluding carboxylic acids is 1. The van der Waals surface area contributed by atoms with Crippen LogP contribution < -0.4 is 10.2 Å². The highest BCUT2D eigenvalue weighted by atomic mass is 19.1. The van der Waals surface area contributed by atoms with Crippen LogP contribution in [-0.2, 0) is 10.2 Å². The van der Waals surface area contributed by atoms with Gasteiger partial charge in [0.25, 0.3) is 0 Å². The van der Waals surface area contributed by atoms with Gasteiger partial charge in [-0.2, -0.15) is 0 Å². The number of anilines is 1. The van der Waals surface area contributed by atoms with Crippen LogP contribution >= 0.6 is 0 Å². The van der Waals surface area contributed by atoms with E-state index in [0.717, 1.165) is 50.0 Å². The van der Waals surface area contributed by atoms with Crippen LogP contribution in [0.4, 0.5) is 10.1 Å². The molecule has 4 nitrogen and oxygen atoms in total. The Kier molecular flexibility index (Phi) is 4.15. The summed E-state index contributed by atoms with van der Waals surface area (Å²) < 4.78 is 13.6. The smallest absolute Gasteiger partial charge is 0.230 e. The second-order valence-corrected chi connectivity index (χ2v) is 7.06. The van der Waals surface area contributed by atoms with Crippen LogP contribution in [0.5, 0.6) is 0 Å². The largest absolute Gasteiger partial charge is 0.368 e. The van der Waals surface area contributed by atoms with Gasteiger partial charge in [0, 0.05) is 25.3 Å². The van der Waals surface area contributed by atoms with Crippen LogP contribution in [0, 0.1) is 5.82 Å². The molecule has 130 valence electrons. The minimum absolute atomic E-state index is 0.0439. The number of aromatic nitrogens is 1. The molecule has 1 aromatic carbocycles. The fourth-order valence-corrected chi connectivity index (χ4v) is 3.94. The van der Waals surface area contributed by atoms with E-state index in [1.165, 1.54) is 12.1 Å². The van der Waals surface area contributed by atoms with Crippen molar-refractivity contribution in [2.75, 3.05) is 18.0 Å². The number of pyridine rings is 1. The first-order chi connectivity index (χ1) is 12.2. The fourth-order valence-electron chi connectivity index (χ4n) is 3.94. The molecule has 4 rings (SSSR count). The number of carbonyl (C=O) groups is 1. The Morgan fingerprint density at radius 1 is 1.28 bits per heavy atom. The molecular formula is C20H22FN3O. The second-order valence-electron chi connectivity index (χ2n) is 7.06. The number of halogens is 1. The summed E-state index contributed by atoms with van der Waals surface area (Å²) in [5.41, 5.74) is 1.34. The van der Waals surface area contributed by atoms with Gasteiger partial charge in [0.2, 0.25) is 5.91 Å². The molecule has 0 spiro atoms. The van der Waals surface area contributed by atoms with Crippen molar-refractivity contribution in [3.63, 3.8) is 0 Å². The van der Waals surface area contributed by atoms with Crippen molar-refractivity contribution >= 4 is 11.6 Å². The molecule has 25 heavy (non-hydrogen) atoms. The topological polar surface area (TPSA) is 45.2 Å². The lowest BCUT2D eigenvalue weighted by molar-refractivity contribution is -0.130. The summed E-state index contributed by atoms with van der Waals surface area (Å²) in [6.07, 6.45) is 7.13. The zero-order valence-corrected chi connectivity index (χ0v) is 14.1. The van der Waals surface area contributed by atoms with Gasteiger partial charge < -0.3 is 10.2 Å². The van der Waals surface area contributed by atoms with Crippen molar-refractivity contribution in [1.29, 1.82) is 0 Å². The summed E-state index contributed by atoms with van der Waals surface area (Å²) in [6, 6.07) is 10.6. The van der Waals surface area contributed by atoms with Gasteiger partial charge in [-0.05, 0) is 49.1 Å². The van der Waals surface area contributed by atoms with E-state index in [9.17, 15) is 9.18 Å². The number of amides is 1. The van der Waals surface area contributed by atoms with Crippen LogP contribution in [0.3, 0.4) is 0 Å². The van der Waals surface area contributed by atoms with Gasteiger partial charge in [-0.15, -0.1) is 0 Å². The van der Waals surface area contributed by atoms with E-state index in [1.807, 2.05) is 24.4 Å². The lowest BCUT2D eigenvalue weighted by Crippen LogP contribution is -2.52. The highest BCUT2D eigenvalue weighted by Crippen LogP contribution is 2.44. The van der Waals surface area contributed by atoms with Gasteiger partial charge in [-0.1, -0.05) is 18.6 Å². The van der Waals surface area contributed by atoms with Crippen molar-refractivity contribution in [1.82, 2.24) is 10.3 Å². The third-order valence-corrected chi connectivity index (χ3v) is 5.55. The number of hydrogen-bond donors (Lipinski definition) is 1. The minimum Gasteiger partial charge on any atom is -0.368 e. The maximum Gasteiger partial charge on any atom is 0.230 e. The van der Waals surface area contributed by atoms with E-state index < -0.39 is 5.41 Å². The molecule has 2 fully saturated rings. The van der Waals surface area contributed by atoms with Gasteiger partial charge in [0.05, 0.1) is 17.3 Å². The van der Waals surface area contributed by atoms with Gasteiger partial charge in [0.1, 0.15) is 5.82 Å². The summed E-state index contributed by atoms with van der Waals surface area (Å²) in [5.74, 6) is -0.234. The van der Waals surface area contributed by atoms with E-state index in [0.29, 0.717) is 0 Å². The predicted molar refractivity (Wildman–Crippen MR) is 94.9 cm³/mol. The SMILES string of the molecule is O=C(N[C@@H]1CCN(c2cccnc2)C1)C1(c2cccc(F)c2)CCC1. The van der Waals surface area contributed by atoms with Gasteiger partial charge in [-0.25, -0.2) is 4.39 Å². The molecule has 2 aromatic rings. The molecule has 2 aliphatic rings. The van der Waals surface area contributed by atoms with Crippen molar-refractivity contribution in [2.45, 2.75) is 37.1 Å². The van der Waals surface area contributed by atoms with Crippen molar-refractivity contribution in [3.8, 4) is 0 Å². The molecule has 0 unspecified atom stereocenters. The third-order valence-electron chi connectivity index (χ3n) is 5.55.